The molecule has 0 saturated carbocycles. The Bertz CT molecular complexity index is 794. The summed E-state index contributed by atoms with van der Waals surface area (Å²) in [5, 5.41) is 7.00. The van der Waals surface area contributed by atoms with Crippen LogP contribution in [0.2, 0.25) is 0 Å². The number of carbonyl (C=O) groups excluding carboxylic acids is 1. The fraction of sp³-hybridized carbons (Fsp3) is 0.474. The van der Waals surface area contributed by atoms with E-state index in [0.717, 1.165) is 68.3 Å². The Morgan fingerprint density at radius 1 is 1.31 bits per heavy atom. The van der Waals surface area contributed by atoms with E-state index in [0.29, 0.717) is 0 Å². The highest BCUT2D eigenvalue weighted by Crippen LogP contribution is 2.26. The Labute approximate surface area is 153 Å². The van der Waals surface area contributed by atoms with E-state index in [1.54, 1.807) is 19.3 Å². The number of amides is 1. The lowest BCUT2D eigenvalue weighted by molar-refractivity contribution is -0.129. The second-order valence-electron chi connectivity index (χ2n) is 6.93. The molecule has 0 aromatic carbocycles. The standard InChI is InChI=1S/C19H24N6O/c1-13(26)25-10-2-3-15(12-25)22-19-16-6-9-21-11-17(16)23-18(24-19)14-4-7-20-8-5-14/h4-5,7-8,15,21H,2-3,6,9-12H2,1H3,(H,22,23,24). The fourth-order valence-corrected chi connectivity index (χ4v) is 3.68. The molecule has 7 nitrogen and oxygen atoms in total. The molecule has 7 heteroatoms. The summed E-state index contributed by atoms with van der Waals surface area (Å²) in [5.41, 5.74) is 3.21. The summed E-state index contributed by atoms with van der Waals surface area (Å²) in [4.78, 5) is 27.3. The smallest absolute Gasteiger partial charge is 0.219 e. The Balaban J connectivity index is 1.65. The van der Waals surface area contributed by atoms with Crippen molar-refractivity contribution in [1.29, 1.82) is 0 Å². The third-order valence-corrected chi connectivity index (χ3v) is 5.08. The maximum atomic E-state index is 11.7. The topological polar surface area (TPSA) is 83.0 Å². The number of nitrogens with one attached hydrogen (secondary N) is 2. The number of carbonyl (C=O) groups is 1. The Kier molecular flexibility index (Phi) is 4.79. The van der Waals surface area contributed by atoms with Crippen molar-refractivity contribution in [3.05, 3.63) is 35.8 Å². The van der Waals surface area contributed by atoms with Gasteiger partial charge in [-0.1, -0.05) is 0 Å². The van der Waals surface area contributed by atoms with Gasteiger partial charge in [0.2, 0.25) is 5.91 Å². The van der Waals surface area contributed by atoms with Gasteiger partial charge in [-0.25, -0.2) is 9.97 Å². The van der Waals surface area contributed by atoms with Crippen LogP contribution in [0.4, 0.5) is 5.82 Å². The number of hydrogen-bond donors (Lipinski definition) is 2. The SMILES string of the molecule is CC(=O)N1CCCC(Nc2nc(-c3ccncc3)nc3c2CCNC3)C1. The molecule has 4 rings (SSSR count). The molecule has 0 radical (unpaired) electrons. The van der Waals surface area contributed by atoms with Gasteiger partial charge in [-0.05, 0) is 37.9 Å². The van der Waals surface area contributed by atoms with E-state index in [4.69, 9.17) is 9.97 Å². The average Bonchev–Trinajstić information content (AvgIpc) is 2.69. The van der Waals surface area contributed by atoms with Crippen LogP contribution in [0.15, 0.2) is 24.5 Å². The van der Waals surface area contributed by atoms with Gasteiger partial charge >= 0.3 is 0 Å². The normalized spacial score (nSPS) is 19.7. The summed E-state index contributed by atoms with van der Waals surface area (Å²) in [6.45, 7) is 4.92. The van der Waals surface area contributed by atoms with Gasteiger partial charge in [-0.2, -0.15) is 0 Å². The van der Waals surface area contributed by atoms with Crippen molar-refractivity contribution in [2.45, 2.75) is 38.8 Å². The van der Waals surface area contributed by atoms with Crippen LogP contribution in [0.1, 0.15) is 31.0 Å². The molecule has 1 unspecified atom stereocenters. The van der Waals surface area contributed by atoms with E-state index < -0.39 is 0 Å². The predicted molar refractivity (Wildman–Crippen MR) is 99.6 cm³/mol. The molecule has 2 aromatic rings. The van der Waals surface area contributed by atoms with Crippen molar-refractivity contribution in [2.75, 3.05) is 25.0 Å². The lowest BCUT2D eigenvalue weighted by Gasteiger charge is -2.33. The minimum atomic E-state index is 0.142. The first-order valence-corrected chi connectivity index (χ1v) is 9.23. The van der Waals surface area contributed by atoms with Crippen LogP contribution in [0.5, 0.6) is 0 Å². The second kappa shape index (κ2) is 7.37. The van der Waals surface area contributed by atoms with Crippen LogP contribution < -0.4 is 10.6 Å². The van der Waals surface area contributed by atoms with E-state index in [9.17, 15) is 4.79 Å². The van der Waals surface area contributed by atoms with Crippen molar-refractivity contribution in [3.63, 3.8) is 0 Å². The second-order valence-corrected chi connectivity index (χ2v) is 6.93. The molecule has 0 aliphatic carbocycles. The number of rotatable bonds is 3. The molecule has 1 atom stereocenters. The molecule has 1 saturated heterocycles. The monoisotopic (exact) mass is 352 g/mol. The van der Waals surface area contributed by atoms with Gasteiger partial charge in [0.05, 0.1) is 5.69 Å². The number of likely N-dealkylation sites (tertiary alicyclic amines) is 1. The molecule has 136 valence electrons. The molecule has 2 aliphatic heterocycles. The van der Waals surface area contributed by atoms with Crippen LogP contribution in [-0.2, 0) is 17.8 Å². The summed E-state index contributed by atoms with van der Waals surface area (Å²) < 4.78 is 0. The lowest BCUT2D eigenvalue weighted by atomic mass is 10.0. The minimum absolute atomic E-state index is 0.142. The van der Waals surface area contributed by atoms with Crippen LogP contribution in [0, 0.1) is 0 Å². The number of aromatic nitrogens is 3. The Morgan fingerprint density at radius 2 is 2.15 bits per heavy atom. The zero-order valence-corrected chi connectivity index (χ0v) is 15.0. The maximum absolute atomic E-state index is 11.7. The predicted octanol–water partition coefficient (Wildman–Crippen LogP) is 1.61. The average molecular weight is 352 g/mol. The number of piperidine rings is 1. The first-order valence-electron chi connectivity index (χ1n) is 9.23. The van der Waals surface area contributed by atoms with Crippen molar-refractivity contribution in [1.82, 2.24) is 25.2 Å². The van der Waals surface area contributed by atoms with Gasteiger partial charge in [0.25, 0.3) is 0 Å². The van der Waals surface area contributed by atoms with Crippen LogP contribution in [-0.4, -0.2) is 51.4 Å². The fourth-order valence-electron chi connectivity index (χ4n) is 3.68. The molecule has 2 aliphatic rings. The maximum Gasteiger partial charge on any atom is 0.219 e. The highest BCUT2D eigenvalue weighted by molar-refractivity contribution is 5.73. The summed E-state index contributed by atoms with van der Waals surface area (Å²) in [6.07, 6.45) is 6.50. The van der Waals surface area contributed by atoms with Crippen molar-refractivity contribution < 1.29 is 4.79 Å². The van der Waals surface area contributed by atoms with E-state index >= 15 is 0 Å². The zero-order valence-electron chi connectivity index (χ0n) is 15.0. The highest BCUT2D eigenvalue weighted by atomic mass is 16.2. The van der Waals surface area contributed by atoms with Gasteiger partial charge < -0.3 is 15.5 Å². The summed E-state index contributed by atoms with van der Waals surface area (Å²) in [5.74, 6) is 1.78. The highest BCUT2D eigenvalue weighted by Gasteiger charge is 2.24. The molecule has 26 heavy (non-hydrogen) atoms. The molecular weight excluding hydrogens is 328 g/mol. The van der Waals surface area contributed by atoms with E-state index in [1.807, 2.05) is 17.0 Å². The van der Waals surface area contributed by atoms with Crippen molar-refractivity contribution in [3.8, 4) is 11.4 Å². The molecule has 0 bridgehead atoms. The van der Waals surface area contributed by atoms with Gasteiger partial charge in [-0.15, -0.1) is 0 Å². The zero-order chi connectivity index (χ0) is 17.9. The number of pyridine rings is 1. The molecular formula is C19H24N6O. The lowest BCUT2D eigenvalue weighted by Crippen LogP contribution is -2.44. The Hall–Kier alpha value is -2.54. The van der Waals surface area contributed by atoms with Crippen molar-refractivity contribution >= 4 is 11.7 Å². The van der Waals surface area contributed by atoms with Gasteiger partial charge in [0, 0.05) is 56.1 Å². The molecule has 0 spiro atoms. The molecule has 2 aromatic heterocycles. The largest absolute Gasteiger partial charge is 0.365 e. The van der Waals surface area contributed by atoms with Gasteiger partial charge in [-0.3, -0.25) is 9.78 Å². The Morgan fingerprint density at radius 3 is 2.96 bits per heavy atom. The summed E-state index contributed by atoms with van der Waals surface area (Å²) in [7, 11) is 0. The first-order chi connectivity index (χ1) is 12.7. The third-order valence-electron chi connectivity index (χ3n) is 5.08. The third kappa shape index (κ3) is 3.53. The molecule has 1 amide bonds. The van der Waals surface area contributed by atoms with E-state index in [1.165, 1.54) is 5.56 Å². The first kappa shape index (κ1) is 16.9. The molecule has 4 heterocycles. The van der Waals surface area contributed by atoms with E-state index in [-0.39, 0.29) is 11.9 Å². The number of nitrogens with zero attached hydrogens (tertiary/aromatic N) is 4. The van der Waals surface area contributed by atoms with Crippen molar-refractivity contribution in [2.24, 2.45) is 0 Å². The minimum Gasteiger partial charge on any atom is -0.365 e. The summed E-state index contributed by atoms with van der Waals surface area (Å²) >= 11 is 0. The van der Waals surface area contributed by atoms with E-state index in [2.05, 4.69) is 15.6 Å². The molecule has 1 fully saturated rings. The number of hydrogen-bond acceptors (Lipinski definition) is 6. The van der Waals surface area contributed by atoms with Gasteiger partial charge in [0.1, 0.15) is 5.82 Å². The van der Waals surface area contributed by atoms with Crippen LogP contribution >= 0.6 is 0 Å². The van der Waals surface area contributed by atoms with Gasteiger partial charge in [0.15, 0.2) is 5.82 Å². The van der Waals surface area contributed by atoms with Crippen LogP contribution in [0.3, 0.4) is 0 Å². The van der Waals surface area contributed by atoms with Crippen LogP contribution in [0.25, 0.3) is 11.4 Å². The number of anilines is 1. The summed E-state index contributed by atoms with van der Waals surface area (Å²) in [6, 6.07) is 4.09. The molecule has 2 N–H and O–H groups in total. The quantitative estimate of drug-likeness (QED) is 0.873. The number of fused-ring (bicyclic) bond motifs is 1.